The first-order chi connectivity index (χ1) is 9.84. The Morgan fingerprint density at radius 2 is 2.10 bits per heavy atom. The fourth-order valence-corrected chi connectivity index (χ4v) is 2.80. The van der Waals surface area contributed by atoms with E-state index in [1.54, 1.807) is 0 Å². The number of hydrogen-bond acceptors (Lipinski definition) is 5. The molecule has 0 N–H and O–H groups in total. The molecular weight excluding hydrogens is 344 g/mol. The van der Waals surface area contributed by atoms with Crippen molar-refractivity contribution in [3.8, 4) is 11.4 Å². The molecule has 0 atom stereocenters. The van der Waals surface area contributed by atoms with E-state index in [1.165, 1.54) is 23.8 Å². The average Bonchev–Trinajstić information content (AvgIpc) is 2.79. The Bertz CT molecular complexity index is 764. The molecule has 1 aromatic heterocycles. The quantitative estimate of drug-likeness (QED) is 0.771. The van der Waals surface area contributed by atoms with Crippen LogP contribution in [-0.2, 0) is 20.3 Å². The lowest BCUT2D eigenvalue weighted by Gasteiger charge is -2.09. The summed E-state index contributed by atoms with van der Waals surface area (Å²) in [6, 6.07) is 3.95. The summed E-state index contributed by atoms with van der Waals surface area (Å²) in [6.45, 7) is 0.280. The molecule has 21 heavy (non-hydrogen) atoms. The van der Waals surface area contributed by atoms with Crippen molar-refractivity contribution < 1.29 is 17.5 Å². The van der Waals surface area contributed by atoms with Gasteiger partial charge in [0.2, 0.25) is 0 Å². The summed E-state index contributed by atoms with van der Waals surface area (Å²) in [5, 5.41) is 6.97. The Hall–Kier alpha value is -1.22. The summed E-state index contributed by atoms with van der Waals surface area (Å²) in [5.74, 6) is -0.618. The number of ether oxygens (including phenoxy) is 1. The summed E-state index contributed by atoms with van der Waals surface area (Å²) < 4.78 is 43.0. The van der Waals surface area contributed by atoms with Crippen molar-refractivity contribution in [2.45, 2.75) is 11.7 Å². The lowest BCUT2D eigenvalue weighted by atomic mass is 10.2. The van der Waals surface area contributed by atoms with E-state index in [0.29, 0.717) is 0 Å². The van der Waals surface area contributed by atoms with Crippen molar-refractivity contribution in [3.63, 3.8) is 0 Å². The largest absolute Gasteiger partial charge is 0.383 e. The topological polar surface area (TPSA) is 74.1 Å². The van der Waals surface area contributed by atoms with Crippen molar-refractivity contribution in [1.82, 2.24) is 14.8 Å². The summed E-state index contributed by atoms with van der Waals surface area (Å²) in [5.41, 5.74) is 0.0644. The molecule has 0 saturated heterocycles. The van der Waals surface area contributed by atoms with E-state index in [4.69, 9.17) is 27.0 Å². The number of benzene rings is 1. The standard InChI is InChI=1S/C11H10Cl2FN3O3S/c1-20-5-4-17-10(15-16-11(17)21(13,18)19)8-3-2-7(12)6-9(8)14/h2-3,6H,4-5H2,1H3. The predicted molar refractivity (Wildman–Crippen MR) is 75.3 cm³/mol. The highest BCUT2D eigenvalue weighted by Gasteiger charge is 2.24. The van der Waals surface area contributed by atoms with Crippen molar-refractivity contribution in [2.75, 3.05) is 13.7 Å². The summed E-state index contributed by atoms with van der Waals surface area (Å²) >= 11 is 5.69. The first kappa shape index (κ1) is 16.2. The van der Waals surface area contributed by atoms with Crippen molar-refractivity contribution in [3.05, 3.63) is 29.0 Å². The van der Waals surface area contributed by atoms with Gasteiger partial charge in [0.25, 0.3) is 14.2 Å². The molecule has 0 bridgehead atoms. The van der Waals surface area contributed by atoms with Crippen LogP contribution in [0.15, 0.2) is 23.4 Å². The first-order valence-corrected chi connectivity index (χ1v) is 8.35. The van der Waals surface area contributed by atoms with Crippen LogP contribution in [0.25, 0.3) is 11.4 Å². The zero-order chi connectivity index (χ0) is 15.6. The van der Waals surface area contributed by atoms with Crippen LogP contribution in [0.4, 0.5) is 4.39 Å². The Morgan fingerprint density at radius 3 is 2.67 bits per heavy atom. The van der Waals surface area contributed by atoms with Gasteiger partial charge in [0.05, 0.1) is 18.7 Å². The van der Waals surface area contributed by atoms with Gasteiger partial charge in [-0.05, 0) is 18.2 Å². The van der Waals surface area contributed by atoms with E-state index >= 15 is 0 Å². The second kappa shape index (κ2) is 6.27. The Morgan fingerprint density at radius 1 is 1.38 bits per heavy atom. The molecule has 0 saturated carbocycles. The maximum Gasteiger partial charge on any atom is 0.296 e. The third-order valence-electron chi connectivity index (χ3n) is 2.63. The Kier molecular flexibility index (Phi) is 4.82. The van der Waals surface area contributed by atoms with Gasteiger partial charge in [0.1, 0.15) is 5.82 Å². The van der Waals surface area contributed by atoms with E-state index in [2.05, 4.69) is 10.2 Å². The molecule has 0 fully saturated rings. The van der Waals surface area contributed by atoms with Gasteiger partial charge in [0.15, 0.2) is 5.82 Å². The maximum absolute atomic E-state index is 14.0. The molecule has 1 heterocycles. The zero-order valence-corrected chi connectivity index (χ0v) is 13.1. The number of methoxy groups -OCH3 is 1. The predicted octanol–water partition coefficient (Wildman–Crippen LogP) is 2.31. The molecule has 0 radical (unpaired) electrons. The smallest absolute Gasteiger partial charge is 0.296 e. The van der Waals surface area contributed by atoms with Gasteiger partial charge in [0, 0.05) is 22.8 Å². The van der Waals surface area contributed by atoms with Gasteiger partial charge in [-0.25, -0.2) is 12.8 Å². The molecule has 0 spiro atoms. The van der Waals surface area contributed by atoms with Crippen LogP contribution in [0.1, 0.15) is 0 Å². The fourth-order valence-electron chi connectivity index (χ4n) is 1.72. The summed E-state index contributed by atoms with van der Waals surface area (Å²) in [4.78, 5) is 0. The molecule has 6 nitrogen and oxygen atoms in total. The van der Waals surface area contributed by atoms with Crippen LogP contribution in [0.5, 0.6) is 0 Å². The van der Waals surface area contributed by atoms with E-state index in [1.807, 2.05) is 0 Å². The SMILES string of the molecule is COCCn1c(-c2ccc(Cl)cc2F)nnc1S(=O)(=O)Cl. The van der Waals surface area contributed by atoms with Crippen LogP contribution in [-0.4, -0.2) is 36.9 Å². The van der Waals surface area contributed by atoms with Crippen molar-refractivity contribution in [2.24, 2.45) is 0 Å². The highest BCUT2D eigenvalue weighted by Crippen LogP contribution is 2.26. The molecule has 10 heteroatoms. The van der Waals surface area contributed by atoms with Crippen LogP contribution in [0, 0.1) is 5.82 Å². The minimum absolute atomic E-state index is 0.0282. The molecule has 2 aromatic rings. The average molecular weight is 354 g/mol. The molecule has 0 aliphatic carbocycles. The lowest BCUT2D eigenvalue weighted by Crippen LogP contribution is -2.12. The van der Waals surface area contributed by atoms with Gasteiger partial charge in [-0.15, -0.1) is 10.2 Å². The summed E-state index contributed by atoms with van der Waals surface area (Å²) in [6.07, 6.45) is 0. The van der Waals surface area contributed by atoms with Gasteiger partial charge in [-0.3, -0.25) is 4.57 Å². The molecule has 2 rings (SSSR count). The van der Waals surface area contributed by atoms with Crippen LogP contribution in [0.2, 0.25) is 5.02 Å². The van der Waals surface area contributed by atoms with Gasteiger partial charge < -0.3 is 4.74 Å². The second-order valence-electron chi connectivity index (χ2n) is 4.01. The molecular formula is C11H10Cl2FN3O3S. The molecule has 114 valence electrons. The number of aromatic nitrogens is 3. The highest BCUT2D eigenvalue weighted by atomic mass is 35.7. The van der Waals surface area contributed by atoms with Crippen LogP contribution < -0.4 is 0 Å². The monoisotopic (exact) mass is 353 g/mol. The number of rotatable bonds is 5. The highest BCUT2D eigenvalue weighted by molar-refractivity contribution is 8.13. The number of nitrogens with zero attached hydrogens (tertiary/aromatic N) is 3. The normalized spacial score (nSPS) is 11.8. The van der Waals surface area contributed by atoms with Crippen LogP contribution in [0.3, 0.4) is 0 Å². The lowest BCUT2D eigenvalue weighted by molar-refractivity contribution is 0.185. The third-order valence-corrected chi connectivity index (χ3v) is 4.01. The van der Waals surface area contributed by atoms with Crippen molar-refractivity contribution in [1.29, 1.82) is 0 Å². The van der Waals surface area contributed by atoms with E-state index in [-0.39, 0.29) is 29.6 Å². The number of halogens is 3. The Labute approximate surface area is 129 Å². The second-order valence-corrected chi connectivity index (χ2v) is 6.91. The minimum Gasteiger partial charge on any atom is -0.383 e. The molecule has 0 unspecified atom stereocenters. The third kappa shape index (κ3) is 3.52. The van der Waals surface area contributed by atoms with Crippen molar-refractivity contribution >= 4 is 31.3 Å². The van der Waals surface area contributed by atoms with E-state index < -0.39 is 20.0 Å². The molecule has 0 aliphatic heterocycles. The van der Waals surface area contributed by atoms with Gasteiger partial charge in [-0.1, -0.05) is 11.6 Å². The first-order valence-electron chi connectivity index (χ1n) is 5.67. The van der Waals surface area contributed by atoms with E-state index in [9.17, 15) is 12.8 Å². The minimum atomic E-state index is -4.11. The maximum atomic E-state index is 14.0. The fraction of sp³-hybridized carbons (Fsp3) is 0.273. The van der Waals surface area contributed by atoms with E-state index in [0.717, 1.165) is 6.07 Å². The summed E-state index contributed by atoms with van der Waals surface area (Å²) in [7, 11) is 2.63. The van der Waals surface area contributed by atoms with Gasteiger partial charge in [-0.2, -0.15) is 0 Å². The number of hydrogen-bond donors (Lipinski definition) is 0. The molecule has 0 aliphatic rings. The van der Waals surface area contributed by atoms with Gasteiger partial charge >= 0.3 is 0 Å². The Balaban J connectivity index is 2.60. The zero-order valence-electron chi connectivity index (χ0n) is 10.8. The molecule has 1 aromatic carbocycles. The molecule has 0 amide bonds. The van der Waals surface area contributed by atoms with Crippen LogP contribution >= 0.6 is 22.3 Å².